The highest BCUT2D eigenvalue weighted by Crippen LogP contribution is 2.32. The van der Waals surface area contributed by atoms with Crippen molar-refractivity contribution in [2.75, 3.05) is 32.8 Å². The zero-order chi connectivity index (χ0) is 16.2. The van der Waals surface area contributed by atoms with Crippen molar-refractivity contribution >= 4 is 15.9 Å². The summed E-state index contributed by atoms with van der Waals surface area (Å²) in [5, 5.41) is 0. The molecule has 1 aromatic rings. The summed E-state index contributed by atoms with van der Waals surface area (Å²) in [4.78, 5) is 2.19. The molecule has 1 aliphatic heterocycles. The minimum Gasteiger partial charge on any atom is -0.491 e. The van der Waals surface area contributed by atoms with Crippen molar-refractivity contribution in [3.8, 4) is 11.5 Å². The van der Waals surface area contributed by atoms with E-state index in [0.29, 0.717) is 30.0 Å². The lowest BCUT2D eigenvalue weighted by atomic mass is 10.3. The molecule has 0 radical (unpaired) electrons. The number of halogens is 4. The molecule has 4 nitrogen and oxygen atoms in total. The number of rotatable bonds is 5. The van der Waals surface area contributed by atoms with Crippen LogP contribution in [0.2, 0.25) is 0 Å². The standard InChI is InChI=1S/C14H17BrF3NO3/c1-10-9-19(4-6-20-10)5-7-21-13-8-11(2-3-12(13)15)22-14(16,17)18/h2-3,8,10H,4-7,9H2,1H3. The summed E-state index contributed by atoms with van der Waals surface area (Å²) >= 11 is 3.25. The molecule has 0 N–H and O–H groups in total. The van der Waals surface area contributed by atoms with Gasteiger partial charge in [-0.05, 0) is 35.0 Å². The first-order valence-corrected chi connectivity index (χ1v) is 7.65. The van der Waals surface area contributed by atoms with E-state index in [0.717, 1.165) is 13.1 Å². The van der Waals surface area contributed by atoms with Crippen LogP contribution in [0.4, 0.5) is 13.2 Å². The van der Waals surface area contributed by atoms with Gasteiger partial charge in [0.25, 0.3) is 0 Å². The van der Waals surface area contributed by atoms with Crippen LogP contribution in [-0.2, 0) is 4.74 Å². The Labute approximate surface area is 135 Å². The molecule has 1 aliphatic rings. The molecule has 8 heteroatoms. The van der Waals surface area contributed by atoms with Crippen LogP contribution >= 0.6 is 15.9 Å². The van der Waals surface area contributed by atoms with Crippen LogP contribution < -0.4 is 9.47 Å². The molecule has 0 bridgehead atoms. The van der Waals surface area contributed by atoms with Crippen molar-refractivity contribution in [1.82, 2.24) is 4.90 Å². The van der Waals surface area contributed by atoms with E-state index in [2.05, 4.69) is 25.6 Å². The maximum atomic E-state index is 12.2. The molecular weight excluding hydrogens is 367 g/mol. The van der Waals surface area contributed by atoms with Gasteiger partial charge in [0.1, 0.15) is 18.1 Å². The first kappa shape index (κ1) is 17.4. The van der Waals surface area contributed by atoms with Crippen LogP contribution in [0, 0.1) is 0 Å². The fourth-order valence-corrected chi connectivity index (χ4v) is 2.53. The minimum atomic E-state index is -4.71. The number of hydrogen-bond acceptors (Lipinski definition) is 4. The summed E-state index contributed by atoms with van der Waals surface area (Å²) in [6.45, 7) is 5.39. The number of nitrogens with zero attached hydrogens (tertiary/aromatic N) is 1. The van der Waals surface area contributed by atoms with Gasteiger partial charge in [-0.1, -0.05) is 0 Å². The molecule has 2 rings (SSSR count). The van der Waals surface area contributed by atoms with E-state index in [9.17, 15) is 13.2 Å². The van der Waals surface area contributed by atoms with Crippen LogP contribution in [0.5, 0.6) is 11.5 Å². The fourth-order valence-electron chi connectivity index (χ4n) is 2.17. The van der Waals surface area contributed by atoms with Gasteiger partial charge >= 0.3 is 6.36 Å². The molecule has 1 fully saturated rings. The van der Waals surface area contributed by atoms with Gasteiger partial charge in [-0.3, -0.25) is 4.90 Å². The maximum Gasteiger partial charge on any atom is 0.573 e. The smallest absolute Gasteiger partial charge is 0.491 e. The number of ether oxygens (including phenoxy) is 3. The van der Waals surface area contributed by atoms with Gasteiger partial charge in [0.15, 0.2) is 0 Å². The number of alkyl halides is 3. The third kappa shape index (κ3) is 5.66. The average molecular weight is 384 g/mol. The van der Waals surface area contributed by atoms with Gasteiger partial charge in [0.2, 0.25) is 0 Å². The second-order valence-electron chi connectivity index (χ2n) is 4.97. The molecule has 0 aliphatic carbocycles. The SMILES string of the molecule is CC1CN(CCOc2cc(OC(F)(F)F)ccc2Br)CCO1. The molecule has 1 atom stereocenters. The second-order valence-corrected chi connectivity index (χ2v) is 5.82. The predicted octanol–water partition coefficient (Wildman–Crippen LogP) is 3.45. The first-order chi connectivity index (χ1) is 10.3. The quantitative estimate of drug-likeness (QED) is 0.779. The van der Waals surface area contributed by atoms with E-state index >= 15 is 0 Å². The summed E-state index contributed by atoms with van der Waals surface area (Å²) in [6, 6.07) is 3.92. The summed E-state index contributed by atoms with van der Waals surface area (Å²) in [7, 11) is 0. The maximum absolute atomic E-state index is 12.2. The predicted molar refractivity (Wildman–Crippen MR) is 78.2 cm³/mol. The molecule has 1 saturated heterocycles. The van der Waals surface area contributed by atoms with Crippen molar-refractivity contribution in [1.29, 1.82) is 0 Å². The second kappa shape index (κ2) is 7.52. The Hall–Kier alpha value is -0.990. The average Bonchev–Trinajstić information content (AvgIpc) is 2.41. The minimum absolute atomic E-state index is 0.184. The van der Waals surface area contributed by atoms with Crippen molar-refractivity contribution in [3.63, 3.8) is 0 Å². The Morgan fingerprint density at radius 2 is 2.18 bits per heavy atom. The monoisotopic (exact) mass is 383 g/mol. The largest absolute Gasteiger partial charge is 0.573 e. The summed E-state index contributed by atoms with van der Waals surface area (Å²) in [5.74, 6) is 0.0220. The molecule has 0 saturated carbocycles. The third-order valence-electron chi connectivity index (χ3n) is 3.13. The van der Waals surface area contributed by atoms with Crippen LogP contribution in [0.3, 0.4) is 0 Å². The van der Waals surface area contributed by atoms with E-state index in [4.69, 9.17) is 9.47 Å². The zero-order valence-electron chi connectivity index (χ0n) is 12.0. The summed E-state index contributed by atoms with van der Waals surface area (Å²) < 4.78 is 52.1. The molecule has 0 spiro atoms. The van der Waals surface area contributed by atoms with Gasteiger partial charge in [-0.25, -0.2) is 0 Å². The third-order valence-corrected chi connectivity index (χ3v) is 3.78. The Morgan fingerprint density at radius 1 is 1.41 bits per heavy atom. The number of hydrogen-bond donors (Lipinski definition) is 0. The molecular formula is C14H17BrF3NO3. The fraction of sp³-hybridized carbons (Fsp3) is 0.571. The molecule has 1 aromatic carbocycles. The van der Waals surface area contributed by atoms with Crippen molar-refractivity contribution in [3.05, 3.63) is 22.7 Å². The molecule has 1 heterocycles. The van der Waals surface area contributed by atoms with Crippen LogP contribution in [0.1, 0.15) is 6.92 Å². The number of benzene rings is 1. The lowest BCUT2D eigenvalue weighted by molar-refractivity contribution is -0.274. The molecule has 124 valence electrons. The molecule has 22 heavy (non-hydrogen) atoms. The highest BCUT2D eigenvalue weighted by Gasteiger charge is 2.31. The highest BCUT2D eigenvalue weighted by atomic mass is 79.9. The van der Waals surface area contributed by atoms with E-state index < -0.39 is 6.36 Å². The van der Waals surface area contributed by atoms with Gasteiger partial charge < -0.3 is 14.2 Å². The van der Waals surface area contributed by atoms with Crippen molar-refractivity contribution in [2.24, 2.45) is 0 Å². The topological polar surface area (TPSA) is 30.9 Å². The Kier molecular flexibility index (Phi) is 5.94. The molecule has 0 amide bonds. The lowest BCUT2D eigenvalue weighted by Crippen LogP contribution is -2.42. The van der Waals surface area contributed by atoms with Crippen LogP contribution in [-0.4, -0.2) is 50.2 Å². The number of morpholine rings is 1. The van der Waals surface area contributed by atoms with Crippen LogP contribution in [0.25, 0.3) is 0 Å². The summed E-state index contributed by atoms with van der Waals surface area (Å²) in [6.07, 6.45) is -4.53. The molecule has 0 aromatic heterocycles. The Bertz CT molecular complexity index is 499. The Morgan fingerprint density at radius 3 is 2.86 bits per heavy atom. The van der Waals surface area contributed by atoms with E-state index in [1.807, 2.05) is 6.92 Å². The highest BCUT2D eigenvalue weighted by molar-refractivity contribution is 9.10. The normalized spacial score (nSPS) is 20.0. The van der Waals surface area contributed by atoms with Crippen LogP contribution in [0.15, 0.2) is 22.7 Å². The Balaban J connectivity index is 1.87. The first-order valence-electron chi connectivity index (χ1n) is 6.85. The van der Waals surface area contributed by atoms with E-state index in [1.165, 1.54) is 18.2 Å². The van der Waals surface area contributed by atoms with Gasteiger partial charge in [0.05, 0.1) is 17.2 Å². The van der Waals surface area contributed by atoms with Gasteiger partial charge in [-0.15, -0.1) is 13.2 Å². The lowest BCUT2D eigenvalue weighted by Gasteiger charge is -2.30. The van der Waals surface area contributed by atoms with E-state index in [-0.39, 0.29) is 11.9 Å². The summed E-state index contributed by atoms with van der Waals surface area (Å²) in [5.41, 5.74) is 0. The van der Waals surface area contributed by atoms with Gasteiger partial charge in [-0.2, -0.15) is 0 Å². The zero-order valence-corrected chi connectivity index (χ0v) is 13.6. The van der Waals surface area contributed by atoms with Gasteiger partial charge in [0, 0.05) is 25.7 Å². The van der Waals surface area contributed by atoms with E-state index in [1.54, 1.807) is 0 Å². The molecule has 1 unspecified atom stereocenters. The van der Waals surface area contributed by atoms with Crippen molar-refractivity contribution in [2.45, 2.75) is 19.4 Å². The van der Waals surface area contributed by atoms with Crippen molar-refractivity contribution < 1.29 is 27.4 Å².